The molecule has 0 N–H and O–H groups in total. The molecule has 1 aromatic carbocycles. The number of anilines is 1. The summed E-state index contributed by atoms with van der Waals surface area (Å²) in [6.07, 6.45) is 7.12. The van der Waals surface area contributed by atoms with E-state index in [1.54, 1.807) is 24.7 Å². The van der Waals surface area contributed by atoms with E-state index in [-0.39, 0.29) is 5.91 Å². The molecule has 4 rings (SSSR count). The largest absolute Gasteiger partial charge is 0.337 e. The van der Waals surface area contributed by atoms with Crippen LogP contribution in [0.1, 0.15) is 10.5 Å². The van der Waals surface area contributed by atoms with Gasteiger partial charge in [-0.3, -0.25) is 9.36 Å². The minimum absolute atomic E-state index is 0.000262. The van der Waals surface area contributed by atoms with Crippen molar-refractivity contribution in [1.82, 2.24) is 24.4 Å². The first kappa shape index (κ1) is 17.5. The van der Waals surface area contributed by atoms with Crippen molar-refractivity contribution in [1.29, 1.82) is 0 Å². The smallest absolute Gasteiger partial charge is 0.272 e. The summed E-state index contributed by atoms with van der Waals surface area (Å²) in [4.78, 5) is 30.2. The summed E-state index contributed by atoms with van der Waals surface area (Å²) in [5.74, 6) is 0.712. The van der Waals surface area contributed by atoms with E-state index in [0.717, 1.165) is 10.8 Å². The Morgan fingerprint density at radius 1 is 0.963 bits per heavy atom. The van der Waals surface area contributed by atoms with Crippen molar-refractivity contribution in [3.8, 4) is 5.69 Å². The van der Waals surface area contributed by atoms with Crippen molar-refractivity contribution in [2.75, 3.05) is 37.3 Å². The Hall–Kier alpha value is -2.87. The first-order valence-electron chi connectivity index (χ1n) is 8.76. The summed E-state index contributed by atoms with van der Waals surface area (Å²) < 4.78 is 1.93. The zero-order valence-corrected chi connectivity index (χ0v) is 15.8. The van der Waals surface area contributed by atoms with Gasteiger partial charge in [-0.1, -0.05) is 30.0 Å². The molecule has 0 radical (unpaired) electrons. The van der Waals surface area contributed by atoms with Crippen LogP contribution in [0.3, 0.4) is 0 Å². The molecule has 3 aromatic rings. The van der Waals surface area contributed by atoms with E-state index in [0.29, 0.717) is 37.8 Å². The molecule has 0 unspecified atom stereocenters. The fourth-order valence-electron chi connectivity index (χ4n) is 3.18. The lowest BCUT2D eigenvalue weighted by Crippen LogP contribution is -2.49. The van der Waals surface area contributed by atoms with Gasteiger partial charge in [0.2, 0.25) is 5.95 Å². The minimum Gasteiger partial charge on any atom is -0.337 e. The standard InChI is InChI=1S/C19H20N6OS/c1-27-19-22-14-16(25(19)15-6-3-2-4-7-15)17(26)23-10-12-24(13-11-23)18-20-8-5-9-21-18/h2-9,14H,10-13H2,1H3. The second kappa shape index (κ2) is 7.79. The van der Waals surface area contributed by atoms with Crippen LogP contribution >= 0.6 is 11.8 Å². The maximum atomic E-state index is 13.2. The molecule has 7 nitrogen and oxygen atoms in total. The number of hydrogen-bond donors (Lipinski definition) is 0. The third-order valence-corrected chi connectivity index (χ3v) is 5.20. The minimum atomic E-state index is 0.000262. The molecule has 8 heteroatoms. The van der Waals surface area contributed by atoms with Gasteiger partial charge in [-0.25, -0.2) is 15.0 Å². The molecule has 2 aromatic heterocycles. The predicted octanol–water partition coefficient (Wildman–Crippen LogP) is 2.35. The van der Waals surface area contributed by atoms with Gasteiger partial charge in [-0.2, -0.15) is 0 Å². The van der Waals surface area contributed by atoms with E-state index in [4.69, 9.17) is 0 Å². The molecule has 0 saturated carbocycles. The summed E-state index contributed by atoms with van der Waals surface area (Å²) in [6, 6.07) is 11.7. The molecule has 0 spiro atoms. The third-order valence-electron chi connectivity index (χ3n) is 4.55. The number of rotatable bonds is 4. The van der Waals surface area contributed by atoms with Crippen LogP contribution in [0.2, 0.25) is 0 Å². The summed E-state index contributed by atoms with van der Waals surface area (Å²) in [5, 5.41) is 0.806. The third kappa shape index (κ3) is 3.52. The molecule has 1 saturated heterocycles. The molecular formula is C19H20N6OS. The number of piperazine rings is 1. The molecule has 138 valence electrons. The van der Waals surface area contributed by atoms with E-state index in [1.807, 2.05) is 46.1 Å². The van der Waals surface area contributed by atoms with E-state index in [1.165, 1.54) is 11.8 Å². The zero-order valence-electron chi connectivity index (χ0n) is 15.0. The molecule has 0 aliphatic carbocycles. The Balaban J connectivity index is 1.54. The monoisotopic (exact) mass is 380 g/mol. The Morgan fingerprint density at radius 3 is 2.33 bits per heavy atom. The number of benzene rings is 1. The zero-order chi connectivity index (χ0) is 18.6. The van der Waals surface area contributed by atoms with E-state index in [2.05, 4.69) is 19.9 Å². The van der Waals surface area contributed by atoms with E-state index in [9.17, 15) is 4.79 Å². The van der Waals surface area contributed by atoms with Gasteiger partial charge in [0.1, 0.15) is 5.69 Å². The fraction of sp³-hybridized carbons (Fsp3) is 0.263. The summed E-state index contributed by atoms with van der Waals surface area (Å²) in [7, 11) is 0. The molecule has 0 bridgehead atoms. The first-order chi connectivity index (χ1) is 13.3. The molecule has 3 heterocycles. The predicted molar refractivity (Wildman–Crippen MR) is 105 cm³/mol. The van der Waals surface area contributed by atoms with Crippen molar-refractivity contribution in [3.05, 3.63) is 60.7 Å². The number of hydrogen-bond acceptors (Lipinski definition) is 6. The number of para-hydroxylation sites is 1. The average molecular weight is 380 g/mol. The maximum Gasteiger partial charge on any atom is 0.272 e. The SMILES string of the molecule is CSc1ncc(C(=O)N2CCN(c3ncccn3)CC2)n1-c1ccccc1. The lowest BCUT2D eigenvalue weighted by atomic mass is 10.2. The van der Waals surface area contributed by atoms with Gasteiger partial charge >= 0.3 is 0 Å². The van der Waals surface area contributed by atoms with Crippen LogP contribution in [0.25, 0.3) is 5.69 Å². The fourth-order valence-corrected chi connectivity index (χ4v) is 3.73. The van der Waals surface area contributed by atoms with Crippen LogP contribution in [-0.4, -0.2) is 62.8 Å². The summed E-state index contributed by atoms with van der Waals surface area (Å²) in [5.41, 5.74) is 1.54. The highest BCUT2D eigenvalue weighted by atomic mass is 32.2. The van der Waals surface area contributed by atoms with Gasteiger partial charge in [0, 0.05) is 44.3 Å². The van der Waals surface area contributed by atoms with Crippen LogP contribution < -0.4 is 4.90 Å². The van der Waals surface area contributed by atoms with Crippen LogP contribution in [0, 0.1) is 0 Å². The summed E-state index contributed by atoms with van der Waals surface area (Å²) >= 11 is 1.53. The van der Waals surface area contributed by atoms with Crippen molar-refractivity contribution in [2.45, 2.75) is 5.16 Å². The van der Waals surface area contributed by atoms with Crippen LogP contribution in [0.5, 0.6) is 0 Å². The van der Waals surface area contributed by atoms with Crippen molar-refractivity contribution >= 4 is 23.6 Å². The highest BCUT2D eigenvalue weighted by molar-refractivity contribution is 7.98. The first-order valence-corrected chi connectivity index (χ1v) is 9.99. The van der Waals surface area contributed by atoms with E-state index >= 15 is 0 Å². The Kier molecular flexibility index (Phi) is 5.06. The van der Waals surface area contributed by atoms with Crippen LogP contribution in [-0.2, 0) is 0 Å². The molecule has 1 fully saturated rings. The van der Waals surface area contributed by atoms with Gasteiger partial charge in [-0.15, -0.1) is 0 Å². The summed E-state index contributed by atoms with van der Waals surface area (Å²) in [6.45, 7) is 2.69. The molecule has 27 heavy (non-hydrogen) atoms. The Morgan fingerprint density at radius 2 is 1.67 bits per heavy atom. The van der Waals surface area contributed by atoms with Crippen molar-refractivity contribution < 1.29 is 4.79 Å². The number of amides is 1. The van der Waals surface area contributed by atoms with Gasteiger partial charge < -0.3 is 9.80 Å². The van der Waals surface area contributed by atoms with Crippen LogP contribution in [0.15, 0.2) is 60.1 Å². The number of thioether (sulfide) groups is 1. The highest BCUT2D eigenvalue weighted by Gasteiger charge is 2.27. The van der Waals surface area contributed by atoms with Crippen molar-refractivity contribution in [2.24, 2.45) is 0 Å². The normalized spacial score (nSPS) is 14.4. The topological polar surface area (TPSA) is 67.2 Å². The highest BCUT2D eigenvalue weighted by Crippen LogP contribution is 2.23. The lowest BCUT2D eigenvalue weighted by molar-refractivity contribution is 0.0737. The number of carbonyl (C=O) groups is 1. The average Bonchev–Trinajstić information content (AvgIpc) is 3.19. The molecule has 1 aliphatic rings. The molecule has 1 amide bonds. The molecule has 0 atom stereocenters. The van der Waals surface area contributed by atoms with E-state index < -0.39 is 0 Å². The number of nitrogens with zero attached hydrogens (tertiary/aromatic N) is 6. The second-order valence-electron chi connectivity index (χ2n) is 6.13. The van der Waals surface area contributed by atoms with Gasteiger partial charge in [0.05, 0.1) is 6.20 Å². The number of aromatic nitrogens is 4. The number of imidazole rings is 1. The van der Waals surface area contributed by atoms with Gasteiger partial charge in [0.15, 0.2) is 5.16 Å². The Bertz CT molecular complexity index is 906. The maximum absolute atomic E-state index is 13.2. The molecule has 1 aliphatic heterocycles. The quantitative estimate of drug-likeness (QED) is 0.647. The number of carbonyl (C=O) groups excluding carboxylic acids is 1. The van der Waals surface area contributed by atoms with Gasteiger partial charge in [0.25, 0.3) is 5.91 Å². The molecular weight excluding hydrogens is 360 g/mol. The lowest BCUT2D eigenvalue weighted by Gasteiger charge is -2.34. The van der Waals surface area contributed by atoms with Crippen LogP contribution in [0.4, 0.5) is 5.95 Å². The Labute approximate surface area is 162 Å². The van der Waals surface area contributed by atoms with Crippen molar-refractivity contribution in [3.63, 3.8) is 0 Å². The second-order valence-corrected chi connectivity index (χ2v) is 6.90. The van der Waals surface area contributed by atoms with Gasteiger partial charge in [-0.05, 0) is 24.5 Å².